The SMILES string of the molecule is CCCCCCCCCc1ccccc1OCC(O)COc1ccccc1CCCCCCCCC. The number of benzene rings is 2. The standard InChI is InChI=1S/C33H52O3/c1-3-5-7-9-11-13-15-21-29-23-17-19-25-32(29)35-27-31(34)28-36-33-26-20-18-24-30(33)22-16-14-12-10-8-6-4-2/h17-20,23-26,31,34H,3-16,21-22,27-28H2,1-2H3. The van der Waals surface area contributed by atoms with Gasteiger partial charge in [0, 0.05) is 0 Å². The summed E-state index contributed by atoms with van der Waals surface area (Å²) in [5.74, 6) is 1.78. The van der Waals surface area contributed by atoms with Crippen molar-refractivity contribution in [1.82, 2.24) is 0 Å². The largest absolute Gasteiger partial charge is 0.490 e. The van der Waals surface area contributed by atoms with Crippen LogP contribution in [0.25, 0.3) is 0 Å². The Kier molecular flexibility index (Phi) is 16.9. The molecule has 0 heterocycles. The first-order valence-electron chi connectivity index (χ1n) is 14.8. The van der Waals surface area contributed by atoms with E-state index in [9.17, 15) is 5.11 Å². The van der Waals surface area contributed by atoms with Crippen LogP contribution in [0.15, 0.2) is 48.5 Å². The van der Waals surface area contributed by atoms with Crippen molar-refractivity contribution in [3.8, 4) is 11.5 Å². The van der Waals surface area contributed by atoms with Gasteiger partial charge in [0.2, 0.25) is 0 Å². The highest BCUT2D eigenvalue weighted by molar-refractivity contribution is 5.34. The lowest BCUT2D eigenvalue weighted by Crippen LogP contribution is -2.25. The molecule has 3 nitrogen and oxygen atoms in total. The van der Waals surface area contributed by atoms with Crippen LogP contribution in [0.5, 0.6) is 11.5 Å². The van der Waals surface area contributed by atoms with Crippen molar-refractivity contribution in [2.24, 2.45) is 0 Å². The first-order valence-corrected chi connectivity index (χ1v) is 14.8. The molecule has 0 unspecified atom stereocenters. The van der Waals surface area contributed by atoms with Gasteiger partial charge < -0.3 is 14.6 Å². The van der Waals surface area contributed by atoms with Gasteiger partial charge in [0.1, 0.15) is 30.8 Å². The number of aryl methyl sites for hydroxylation is 2. The van der Waals surface area contributed by atoms with E-state index in [0.29, 0.717) is 0 Å². The number of aliphatic hydroxyl groups is 1. The monoisotopic (exact) mass is 496 g/mol. The van der Waals surface area contributed by atoms with Crippen LogP contribution in [0.2, 0.25) is 0 Å². The molecule has 0 aliphatic carbocycles. The summed E-state index contributed by atoms with van der Waals surface area (Å²) in [6, 6.07) is 16.5. The Morgan fingerprint density at radius 1 is 0.528 bits per heavy atom. The van der Waals surface area contributed by atoms with Crippen molar-refractivity contribution in [2.75, 3.05) is 13.2 Å². The highest BCUT2D eigenvalue weighted by Gasteiger charge is 2.11. The Hall–Kier alpha value is -2.00. The summed E-state index contributed by atoms with van der Waals surface area (Å²) < 4.78 is 12.0. The third kappa shape index (κ3) is 13.3. The van der Waals surface area contributed by atoms with Gasteiger partial charge in [0.25, 0.3) is 0 Å². The average Bonchev–Trinajstić information content (AvgIpc) is 2.90. The molecular formula is C33H52O3. The molecule has 0 fully saturated rings. The van der Waals surface area contributed by atoms with Gasteiger partial charge in [-0.2, -0.15) is 0 Å². The smallest absolute Gasteiger partial charge is 0.122 e. The zero-order valence-electron chi connectivity index (χ0n) is 23.2. The average molecular weight is 497 g/mol. The van der Waals surface area contributed by atoms with Crippen LogP contribution in [0, 0.1) is 0 Å². The Labute approximate surface area is 221 Å². The van der Waals surface area contributed by atoms with Crippen LogP contribution >= 0.6 is 0 Å². The van der Waals surface area contributed by atoms with Gasteiger partial charge in [-0.25, -0.2) is 0 Å². The molecule has 1 N–H and O–H groups in total. The molecule has 0 aromatic heterocycles. The summed E-state index contributed by atoms with van der Waals surface area (Å²) >= 11 is 0. The van der Waals surface area contributed by atoms with E-state index in [1.54, 1.807) is 0 Å². The van der Waals surface area contributed by atoms with Crippen molar-refractivity contribution in [3.05, 3.63) is 59.7 Å². The summed E-state index contributed by atoms with van der Waals surface area (Å²) in [5.41, 5.74) is 2.47. The Balaban J connectivity index is 1.69. The number of hydrogen-bond donors (Lipinski definition) is 1. The van der Waals surface area contributed by atoms with E-state index in [4.69, 9.17) is 9.47 Å². The molecule has 0 aliphatic rings. The van der Waals surface area contributed by atoms with E-state index in [1.807, 2.05) is 24.3 Å². The molecule has 2 aromatic carbocycles. The maximum absolute atomic E-state index is 10.5. The minimum absolute atomic E-state index is 0.244. The van der Waals surface area contributed by atoms with Gasteiger partial charge in [-0.1, -0.05) is 127 Å². The van der Waals surface area contributed by atoms with E-state index in [-0.39, 0.29) is 13.2 Å². The summed E-state index contributed by atoms with van der Waals surface area (Å²) in [6.45, 7) is 5.01. The maximum atomic E-state index is 10.5. The number of aliphatic hydroxyl groups excluding tert-OH is 1. The normalized spacial score (nSPS) is 11.2. The molecule has 0 aliphatic heterocycles. The topological polar surface area (TPSA) is 38.7 Å². The zero-order valence-corrected chi connectivity index (χ0v) is 23.2. The van der Waals surface area contributed by atoms with Gasteiger partial charge in [-0.15, -0.1) is 0 Å². The van der Waals surface area contributed by atoms with Crippen LogP contribution in [-0.4, -0.2) is 24.4 Å². The first kappa shape index (κ1) is 30.2. The minimum atomic E-state index is -0.664. The molecular weight excluding hydrogens is 444 g/mol. The number of ether oxygens (including phenoxy) is 2. The van der Waals surface area contributed by atoms with Gasteiger partial charge in [-0.3, -0.25) is 0 Å². The maximum Gasteiger partial charge on any atom is 0.122 e. The summed E-state index contributed by atoms with van der Waals surface area (Å²) in [5, 5.41) is 10.5. The van der Waals surface area contributed by atoms with E-state index < -0.39 is 6.10 Å². The Morgan fingerprint density at radius 3 is 1.31 bits per heavy atom. The van der Waals surface area contributed by atoms with Crippen molar-refractivity contribution in [3.63, 3.8) is 0 Å². The van der Waals surface area contributed by atoms with E-state index in [0.717, 1.165) is 24.3 Å². The lowest BCUT2D eigenvalue weighted by molar-refractivity contribution is 0.0619. The molecule has 0 radical (unpaired) electrons. The molecule has 0 atom stereocenters. The lowest BCUT2D eigenvalue weighted by Gasteiger charge is -2.17. The summed E-state index contributed by atoms with van der Waals surface area (Å²) in [4.78, 5) is 0. The highest BCUT2D eigenvalue weighted by Crippen LogP contribution is 2.23. The van der Waals surface area contributed by atoms with Crippen LogP contribution in [0.3, 0.4) is 0 Å². The third-order valence-electron chi connectivity index (χ3n) is 6.91. The van der Waals surface area contributed by atoms with E-state index >= 15 is 0 Å². The quantitative estimate of drug-likeness (QED) is 0.165. The van der Waals surface area contributed by atoms with Gasteiger partial charge >= 0.3 is 0 Å². The second-order valence-electron chi connectivity index (χ2n) is 10.2. The van der Waals surface area contributed by atoms with Crippen LogP contribution < -0.4 is 9.47 Å². The molecule has 0 saturated carbocycles. The molecule has 0 amide bonds. The Morgan fingerprint density at radius 2 is 0.889 bits per heavy atom. The molecule has 2 rings (SSSR count). The molecule has 36 heavy (non-hydrogen) atoms. The molecule has 0 bridgehead atoms. The zero-order chi connectivity index (χ0) is 25.7. The minimum Gasteiger partial charge on any atom is -0.490 e. The number of rotatable bonds is 22. The fourth-order valence-corrected chi connectivity index (χ4v) is 4.67. The molecule has 2 aromatic rings. The highest BCUT2D eigenvalue weighted by atomic mass is 16.5. The molecule has 0 saturated heterocycles. The number of para-hydroxylation sites is 2. The van der Waals surface area contributed by atoms with Crippen molar-refractivity contribution in [1.29, 1.82) is 0 Å². The second-order valence-corrected chi connectivity index (χ2v) is 10.2. The van der Waals surface area contributed by atoms with Gasteiger partial charge in [-0.05, 0) is 48.9 Å². The third-order valence-corrected chi connectivity index (χ3v) is 6.91. The molecule has 3 heteroatoms. The first-order chi connectivity index (χ1) is 17.7. The number of unbranched alkanes of at least 4 members (excludes halogenated alkanes) is 12. The van der Waals surface area contributed by atoms with Crippen molar-refractivity contribution >= 4 is 0 Å². The molecule has 202 valence electrons. The predicted molar refractivity (Wildman–Crippen MR) is 153 cm³/mol. The van der Waals surface area contributed by atoms with Crippen LogP contribution in [-0.2, 0) is 12.8 Å². The Bertz CT molecular complexity index is 723. The second kappa shape index (κ2) is 20.1. The predicted octanol–water partition coefficient (Wildman–Crippen LogP) is 9.09. The van der Waals surface area contributed by atoms with Crippen LogP contribution in [0.1, 0.15) is 115 Å². The number of hydrogen-bond acceptors (Lipinski definition) is 3. The summed E-state index contributed by atoms with van der Waals surface area (Å²) in [7, 11) is 0. The van der Waals surface area contributed by atoms with Crippen molar-refractivity contribution < 1.29 is 14.6 Å². The fraction of sp³-hybridized carbons (Fsp3) is 0.636. The fourth-order valence-electron chi connectivity index (χ4n) is 4.67. The van der Waals surface area contributed by atoms with E-state index in [2.05, 4.69) is 38.1 Å². The molecule has 0 spiro atoms. The summed E-state index contributed by atoms with van der Waals surface area (Å²) in [6.07, 6.45) is 19.7. The van der Waals surface area contributed by atoms with E-state index in [1.165, 1.54) is 101 Å². The van der Waals surface area contributed by atoms with Crippen LogP contribution in [0.4, 0.5) is 0 Å². The van der Waals surface area contributed by atoms with Gasteiger partial charge in [0.15, 0.2) is 0 Å². The van der Waals surface area contributed by atoms with Crippen molar-refractivity contribution in [2.45, 2.75) is 123 Å². The van der Waals surface area contributed by atoms with Gasteiger partial charge in [0.05, 0.1) is 0 Å². The lowest BCUT2D eigenvalue weighted by atomic mass is 10.0.